The van der Waals surface area contributed by atoms with Gasteiger partial charge in [-0.25, -0.2) is 0 Å². The lowest BCUT2D eigenvalue weighted by Gasteiger charge is -2.23. The van der Waals surface area contributed by atoms with E-state index in [-0.39, 0.29) is 11.8 Å². The van der Waals surface area contributed by atoms with Gasteiger partial charge >= 0.3 is 5.97 Å². The number of halogens is 1. The Bertz CT molecular complexity index is 635. The summed E-state index contributed by atoms with van der Waals surface area (Å²) >= 11 is 6.01. The monoisotopic (exact) mass is 351 g/mol. The zero-order valence-electron chi connectivity index (χ0n) is 13.5. The van der Waals surface area contributed by atoms with Crippen LogP contribution in [-0.4, -0.2) is 41.6 Å². The van der Waals surface area contributed by atoms with Crippen LogP contribution < -0.4 is 4.74 Å². The molecule has 1 N–H and O–H groups in total. The molecular weight excluding hydrogens is 330 g/mol. The van der Waals surface area contributed by atoms with Crippen molar-refractivity contribution in [2.75, 3.05) is 19.7 Å². The van der Waals surface area contributed by atoms with E-state index in [4.69, 9.17) is 16.3 Å². The van der Waals surface area contributed by atoms with Crippen molar-refractivity contribution in [2.45, 2.75) is 32.1 Å². The highest BCUT2D eigenvalue weighted by atomic mass is 35.5. The van der Waals surface area contributed by atoms with Crippen molar-refractivity contribution in [2.24, 2.45) is 11.3 Å². The average Bonchev–Trinajstić information content (AvgIpc) is 3.11. The lowest BCUT2D eigenvalue weighted by Crippen LogP contribution is -2.37. The molecule has 0 radical (unpaired) electrons. The number of para-hydroxylation sites is 1. The van der Waals surface area contributed by atoms with E-state index in [9.17, 15) is 14.7 Å². The van der Waals surface area contributed by atoms with E-state index >= 15 is 0 Å². The molecule has 2 atom stereocenters. The molecule has 0 aromatic heterocycles. The number of hydrogen-bond acceptors (Lipinski definition) is 3. The lowest BCUT2D eigenvalue weighted by atomic mass is 9.81. The number of likely N-dealkylation sites (tertiary alicyclic amines) is 1. The highest BCUT2D eigenvalue weighted by molar-refractivity contribution is 6.32. The smallest absolute Gasteiger partial charge is 0.311 e. The molecule has 1 heterocycles. The minimum absolute atomic E-state index is 0.0211. The molecule has 24 heavy (non-hydrogen) atoms. The van der Waals surface area contributed by atoms with Crippen LogP contribution in [0.3, 0.4) is 0 Å². The molecule has 0 bridgehead atoms. The maximum Gasteiger partial charge on any atom is 0.311 e. The molecule has 2 fully saturated rings. The molecule has 3 rings (SSSR count). The SMILES string of the molecule is O=C(CCCOc1ccccc1Cl)N1C[C@@H]2CCC[C@@]2(C(=O)O)C1. The summed E-state index contributed by atoms with van der Waals surface area (Å²) < 4.78 is 5.59. The molecule has 1 saturated heterocycles. The number of carboxylic acid groups (broad SMARTS) is 1. The highest BCUT2D eigenvalue weighted by Crippen LogP contribution is 2.49. The van der Waals surface area contributed by atoms with Gasteiger partial charge in [0.2, 0.25) is 5.91 Å². The Morgan fingerprint density at radius 1 is 1.38 bits per heavy atom. The molecule has 1 aliphatic carbocycles. The molecule has 5 nitrogen and oxygen atoms in total. The Labute approximate surface area is 146 Å². The van der Waals surface area contributed by atoms with Crippen LogP contribution in [0.1, 0.15) is 32.1 Å². The van der Waals surface area contributed by atoms with Crippen molar-refractivity contribution in [1.82, 2.24) is 4.90 Å². The molecule has 1 aliphatic heterocycles. The zero-order chi connectivity index (χ0) is 17.2. The van der Waals surface area contributed by atoms with Crippen molar-refractivity contribution < 1.29 is 19.4 Å². The minimum atomic E-state index is -0.748. The normalized spacial score (nSPS) is 25.5. The maximum absolute atomic E-state index is 12.4. The van der Waals surface area contributed by atoms with Gasteiger partial charge in [-0.3, -0.25) is 9.59 Å². The third-order valence-corrected chi connectivity index (χ3v) is 5.59. The third kappa shape index (κ3) is 3.22. The number of hydrogen-bond donors (Lipinski definition) is 1. The van der Waals surface area contributed by atoms with Crippen LogP contribution in [0, 0.1) is 11.3 Å². The predicted molar refractivity (Wildman–Crippen MR) is 90.2 cm³/mol. The van der Waals surface area contributed by atoms with Crippen LogP contribution in [0.2, 0.25) is 5.02 Å². The van der Waals surface area contributed by atoms with Crippen LogP contribution in [0.5, 0.6) is 5.75 Å². The van der Waals surface area contributed by atoms with Crippen molar-refractivity contribution in [1.29, 1.82) is 0 Å². The molecule has 1 aromatic carbocycles. The summed E-state index contributed by atoms with van der Waals surface area (Å²) in [6, 6.07) is 7.24. The largest absolute Gasteiger partial charge is 0.492 e. The second kappa shape index (κ2) is 7.01. The Morgan fingerprint density at radius 2 is 2.17 bits per heavy atom. The average molecular weight is 352 g/mol. The number of aliphatic carboxylic acids is 1. The number of carbonyl (C=O) groups is 2. The van der Waals surface area contributed by atoms with Gasteiger partial charge in [-0.05, 0) is 37.3 Å². The summed E-state index contributed by atoms with van der Waals surface area (Å²) in [6.45, 7) is 1.35. The Hall–Kier alpha value is -1.75. The number of fused-ring (bicyclic) bond motifs is 1. The van der Waals surface area contributed by atoms with E-state index in [0.717, 1.165) is 12.8 Å². The molecule has 130 valence electrons. The first-order chi connectivity index (χ1) is 11.5. The number of rotatable bonds is 6. The summed E-state index contributed by atoms with van der Waals surface area (Å²) in [5, 5.41) is 10.1. The fourth-order valence-corrected chi connectivity index (χ4v) is 4.14. The maximum atomic E-state index is 12.4. The van der Waals surface area contributed by atoms with E-state index in [1.807, 2.05) is 12.1 Å². The molecule has 1 saturated carbocycles. The Morgan fingerprint density at radius 3 is 2.88 bits per heavy atom. The first kappa shape index (κ1) is 17.1. The predicted octanol–water partition coefficient (Wildman–Crippen LogP) is 3.21. The summed E-state index contributed by atoms with van der Waals surface area (Å²) in [6.07, 6.45) is 3.50. The van der Waals surface area contributed by atoms with E-state index in [2.05, 4.69) is 0 Å². The van der Waals surface area contributed by atoms with E-state index < -0.39 is 11.4 Å². The van der Waals surface area contributed by atoms with Crippen molar-refractivity contribution in [3.05, 3.63) is 29.3 Å². The summed E-state index contributed by atoms with van der Waals surface area (Å²) in [7, 11) is 0. The lowest BCUT2D eigenvalue weighted by molar-refractivity contribution is -0.149. The molecule has 0 spiro atoms. The summed E-state index contributed by atoms with van der Waals surface area (Å²) in [5.41, 5.74) is -0.705. The van der Waals surface area contributed by atoms with Gasteiger partial charge in [0.15, 0.2) is 0 Å². The molecule has 0 unspecified atom stereocenters. The van der Waals surface area contributed by atoms with Crippen LogP contribution >= 0.6 is 11.6 Å². The van der Waals surface area contributed by atoms with E-state index in [1.54, 1.807) is 17.0 Å². The third-order valence-electron chi connectivity index (χ3n) is 5.28. The van der Waals surface area contributed by atoms with Crippen LogP contribution in [0.15, 0.2) is 24.3 Å². The van der Waals surface area contributed by atoms with Gasteiger partial charge in [-0.2, -0.15) is 0 Å². The number of nitrogens with zero attached hydrogens (tertiary/aromatic N) is 1. The van der Waals surface area contributed by atoms with Gasteiger partial charge in [0.05, 0.1) is 17.0 Å². The topological polar surface area (TPSA) is 66.8 Å². The van der Waals surface area contributed by atoms with Gasteiger partial charge < -0.3 is 14.7 Å². The van der Waals surface area contributed by atoms with Gasteiger partial charge in [0, 0.05) is 19.5 Å². The van der Waals surface area contributed by atoms with Gasteiger partial charge in [0.25, 0.3) is 0 Å². The highest BCUT2D eigenvalue weighted by Gasteiger charge is 2.55. The van der Waals surface area contributed by atoms with E-state index in [0.29, 0.717) is 49.7 Å². The van der Waals surface area contributed by atoms with Crippen molar-refractivity contribution in [3.8, 4) is 5.75 Å². The number of amides is 1. The Balaban J connectivity index is 1.47. The fraction of sp³-hybridized carbons (Fsp3) is 0.556. The number of ether oxygens (including phenoxy) is 1. The second-order valence-electron chi connectivity index (χ2n) is 6.71. The number of benzene rings is 1. The molecule has 1 amide bonds. The second-order valence-corrected chi connectivity index (χ2v) is 7.11. The molecule has 1 aromatic rings. The Kier molecular flexibility index (Phi) is 4.99. The fourth-order valence-electron chi connectivity index (χ4n) is 3.95. The molecule has 6 heteroatoms. The number of carbonyl (C=O) groups excluding carboxylic acids is 1. The number of carboxylic acids is 1. The van der Waals surface area contributed by atoms with Gasteiger partial charge in [-0.1, -0.05) is 30.2 Å². The van der Waals surface area contributed by atoms with E-state index in [1.165, 1.54) is 0 Å². The quantitative estimate of drug-likeness (QED) is 0.799. The standard InChI is InChI=1S/C18H22ClNO4/c19-14-6-1-2-7-15(14)24-10-4-8-16(21)20-11-13-5-3-9-18(13,12-20)17(22)23/h1-2,6-7,13H,3-5,8-12H2,(H,22,23)/t13-,18+/m0/s1. The van der Waals surface area contributed by atoms with Crippen molar-refractivity contribution >= 4 is 23.5 Å². The molecule has 2 aliphatic rings. The summed E-state index contributed by atoms with van der Waals surface area (Å²) in [4.78, 5) is 25.8. The van der Waals surface area contributed by atoms with Crippen molar-refractivity contribution in [3.63, 3.8) is 0 Å². The molecular formula is C18H22ClNO4. The van der Waals surface area contributed by atoms with Crippen LogP contribution in [-0.2, 0) is 9.59 Å². The first-order valence-corrected chi connectivity index (χ1v) is 8.79. The van der Waals surface area contributed by atoms with Crippen LogP contribution in [0.4, 0.5) is 0 Å². The van der Waals surface area contributed by atoms with Gasteiger partial charge in [-0.15, -0.1) is 0 Å². The van der Waals surface area contributed by atoms with Gasteiger partial charge in [0.1, 0.15) is 5.75 Å². The minimum Gasteiger partial charge on any atom is -0.492 e. The summed E-state index contributed by atoms with van der Waals surface area (Å²) in [5.74, 6) is 0.000567. The zero-order valence-corrected chi connectivity index (χ0v) is 14.3. The first-order valence-electron chi connectivity index (χ1n) is 8.41. The van der Waals surface area contributed by atoms with Crippen LogP contribution in [0.25, 0.3) is 0 Å².